The third-order valence-corrected chi connectivity index (χ3v) is 2.56. The van der Waals surface area contributed by atoms with Gasteiger partial charge in [-0.2, -0.15) is 0 Å². The van der Waals surface area contributed by atoms with Crippen LogP contribution >= 0.6 is 23.2 Å². The molecule has 0 radical (unpaired) electrons. The highest BCUT2D eigenvalue weighted by Gasteiger charge is 2.07. The lowest BCUT2D eigenvalue weighted by atomic mass is 10.1. The second-order valence-electron chi connectivity index (χ2n) is 3.08. The number of benzene rings is 1. The third kappa shape index (κ3) is 2.26. The van der Waals surface area contributed by atoms with Crippen LogP contribution in [0.4, 0.5) is 0 Å². The van der Waals surface area contributed by atoms with E-state index in [0.717, 1.165) is 16.9 Å². The fourth-order valence-corrected chi connectivity index (χ4v) is 1.74. The summed E-state index contributed by atoms with van der Waals surface area (Å²) in [7, 11) is 1.61. The molecule has 0 N–H and O–H groups in total. The smallest absolute Gasteiger partial charge is 0.223 e. The summed E-state index contributed by atoms with van der Waals surface area (Å²) in [5.41, 5.74) is 1.62. The molecule has 3 nitrogen and oxygen atoms in total. The highest BCUT2D eigenvalue weighted by Crippen LogP contribution is 2.28. The number of hydrogen-bond donors (Lipinski definition) is 0. The van der Waals surface area contributed by atoms with Crippen LogP contribution in [0, 0.1) is 0 Å². The zero-order chi connectivity index (χ0) is 11.5. The zero-order valence-corrected chi connectivity index (χ0v) is 9.96. The average molecular weight is 255 g/mol. The molecule has 0 fully saturated rings. The molecule has 2 rings (SSSR count). The summed E-state index contributed by atoms with van der Waals surface area (Å²) in [4.78, 5) is 7.79. The Balaban J connectivity index is 2.49. The van der Waals surface area contributed by atoms with Crippen LogP contribution in [0.3, 0.4) is 0 Å². The number of ether oxygens (including phenoxy) is 1. The summed E-state index contributed by atoms with van der Waals surface area (Å²) < 4.78 is 5.13. The van der Waals surface area contributed by atoms with E-state index in [1.165, 1.54) is 0 Å². The summed E-state index contributed by atoms with van der Waals surface area (Å²) in [5, 5.41) is 0.463. The number of halogens is 2. The van der Waals surface area contributed by atoms with Crippen LogP contribution in [0.5, 0.6) is 5.75 Å². The monoisotopic (exact) mass is 254 g/mol. The Morgan fingerprint density at radius 2 is 2.06 bits per heavy atom. The van der Waals surface area contributed by atoms with Crippen molar-refractivity contribution in [2.24, 2.45) is 0 Å². The molecule has 1 aromatic heterocycles. The molecule has 0 unspecified atom stereocenters. The minimum absolute atomic E-state index is 0.136. The van der Waals surface area contributed by atoms with Crippen molar-refractivity contribution in [3.05, 3.63) is 40.9 Å². The molecule has 0 amide bonds. The van der Waals surface area contributed by atoms with Crippen LogP contribution in [0.25, 0.3) is 11.1 Å². The lowest BCUT2D eigenvalue weighted by Crippen LogP contribution is -1.89. The molecule has 5 heteroatoms. The van der Waals surface area contributed by atoms with E-state index in [2.05, 4.69) is 9.97 Å². The van der Waals surface area contributed by atoms with E-state index in [0.29, 0.717) is 5.15 Å². The first kappa shape index (κ1) is 11.2. The van der Waals surface area contributed by atoms with Crippen molar-refractivity contribution in [2.45, 2.75) is 0 Å². The first-order valence-electron chi connectivity index (χ1n) is 4.53. The minimum Gasteiger partial charge on any atom is -0.497 e. The number of rotatable bonds is 2. The number of hydrogen-bond acceptors (Lipinski definition) is 3. The molecular formula is C11H8Cl2N2O. The number of methoxy groups -OCH3 is 1. The molecule has 82 valence electrons. The Morgan fingerprint density at radius 1 is 1.25 bits per heavy atom. The summed E-state index contributed by atoms with van der Waals surface area (Å²) in [5.74, 6) is 0.753. The SMILES string of the molecule is COc1cccc(-c2cnc(Cl)nc2Cl)c1. The van der Waals surface area contributed by atoms with Crippen LogP contribution in [-0.4, -0.2) is 17.1 Å². The van der Waals surface area contributed by atoms with E-state index >= 15 is 0 Å². The normalized spacial score (nSPS) is 10.2. The van der Waals surface area contributed by atoms with Crippen molar-refractivity contribution in [2.75, 3.05) is 7.11 Å². The minimum atomic E-state index is 0.136. The topological polar surface area (TPSA) is 35.0 Å². The Morgan fingerprint density at radius 3 is 2.75 bits per heavy atom. The zero-order valence-electron chi connectivity index (χ0n) is 8.45. The fourth-order valence-electron chi connectivity index (χ4n) is 1.33. The molecule has 2 aromatic rings. The van der Waals surface area contributed by atoms with Crippen molar-refractivity contribution in [3.63, 3.8) is 0 Å². The molecular weight excluding hydrogens is 247 g/mol. The van der Waals surface area contributed by atoms with E-state index in [1.807, 2.05) is 24.3 Å². The first-order chi connectivity index (χ1) is 7.70. The lowest BCUT2D eigenvalue weighted by molar-refractivity contribution is 0.415. The van der Waals surface area contributed by atoms with Gasteiger partial charge in [-0.15, -0.1) is 0 Å². The van der Waals surface area contributed by atoms with Gasteiger partial charge < -0.3 is 4.74 Å². The van der Waals surface area contributed by atoms with Crippen LogP contribution in [-0.2, 0) is 0 Å². The fraction of sp³-hybridized carbons (Fsp3) is 0.0909. The van der Waals surface area contributed by atoms with E-state index in [1.54, 1.807) is 13.3 Å². The molecule has 0 aliphatic rings. The maximum absolute atomic E-state index is 5.98. The van der Waals surface area contributed by atoms with Crippen molar-refractivity contribution in [1.29, 1.82) is 0 Å². The van der Waals surface area contributed by atoms with Gasteiger partial charge in [-0.05, 0) is 29.3 Å². The molecule has 0 saturated heterocycles. The van der Waals surface area contributed by atoms with Gasteiger partial charge in [0.25, 0.3) is 0 Å². The van der Waals surface area contributed by atoms with E-state index in [4.69, 9.17) is 27.9 Å². The van der Waals surface area contributed by atoms with Crippen LogP contribution in [0.2, 0.25) is 10.4 Å². The predicted octanol–water partition coefficient (Wildman–Crippen LogP) is 3.46. The first-order valence-corrected chi connectivity index (χ1v) is 5.29. The standard InChI is InChI=1S/C11H8Cl2N2O/c1-16-8-4-2-3-7(5-8)9-6-14-11(13)15-10(9)12/h2-6H,1H3. The van der Waals surface area contributed by atoms with Gasteiger partial charge in [0.2, 0.25) is 5.28 Å². The molecule has 1 aromatic carbocycles. The maximum atomic E-state index is 5.98. The van der Waals surface area contributed by atoms with Gasteiger partial charge in [-0.25, -0.2) is 9.97 Å². The van der Waals surface area contributed by atoms with Gasteiger partial charge in [0, 0.05) is 11.8 Å². The van der Waals surface area contributed by atoms with Crippen molar-refractivity contribution < 1.29 is 4.74 Å². The van der Waals surface area contributed by atoms with Crippen LogP contribution < -0.4 is 4.74 Å². The summed E-state index contributed by atoms with van der Waals surface area (Å²) >= 11 is 11.6. The van der Waals surface area contributed by atoms with Gasteiger partial charge in [0.05, 0.1) is 7.11 Å². The molecule has 0 atom stereocenters. The predicted molar refractivity (Wildman–Crippen MR) is 64.0 cm³/mol. The van der Waals surface area contributed by atoms with Crippen molar-refractivity contribution >= 4 is 23.2 Å². The molecule has 0 aliphatic heterocycles. The van der Waals surface area contributed by atoms with Gasteiger partial charge >= 0.3 is 0 Å². The molecule has 0 saturated carbocycles. The molecule has 16 heavy (non-hydrogen) atoms. The largest absolute Gasteiger partial charge is 0.497 e. The molecule has 0 bridgehead atoms. The summed E-state index contributed by atoms with van der Waals surface area (Å²) in [6, 6.07) is 7.49. The second kappa shape index (κ2) is 4.68. The van der Waals surface area contributed by atoms with Gasteiger partial charge in [-0.1, -0.05) is 23.7 Å². The van der Waals surface area contributed by atoms with Gasteiger partial charge in [-0.3, -0.25) is 0 Å². The number of aromatic nitrogens is 2. The third-order valence-electron chi connectivity index (χ3n) is 2.09. The van der Waals surface area contributed by atoms with E-state index < -0.39 is 0 Å². The summed E-state index contributed by atoms with van der Waals surface area (Å²) in [6.07, 6.45) is 1.59. The van der Waals surface area contributed by atoms with E-state index in [9.17, 15) is 0 Å². The quantitative estimate of drug-likeness (QED) is 0.608. The molecule has 0 spiro atoms. The van der Waals surface area contributed by atoms with Gasteiger partial charge in [0.1, 0.15) is 10.9 Å². The highest BCUT2D eigenvalue weighted by molar-refractivity contribution is 6.33. The summed E-state index contributed by atoms with van der Waals surface area (Å²) in [6.45, 7) is 0. The van der Waals surface area contributed by atoms with Crippen LogP contribution in [0.1, 0.15) is 0 Å². The molecule has 0 aliphatic carbocycles. The second-order valence-corrected chi connectivity index (χ2v) is 3.77. The number of nitrogens with zero attached hydrogens (tertiary/aromatic N) is 2. The van der Waals surface area contributed by atoms with Crippen molar-refractivity contribution in [3.8, 4) is 16.9 Å². The molecule has 1 heterocycles. The van der Waals surface area contributed by atoms with Crippen LogP contribution in [0.15, 0.2) is 30.5 Å². The van der Waals surface area contributed by atoms with Crippen molar-refractivity contribution in [1.82, 2.24) is 9.97 Å². The maximum Gasteiger partial charge on any atom is 0.223 e. The van der Waals surface area contributed by atoms with E-state index in [-0.39, 0.29) is 5.28 Å². The Labute approximate surface area is 103 Å². The Hall–Kier alpha value is -1.32. The Bertz CT molecular complexity index is 517. The van der Waals surface area contributed by atoms with Gasteiger partial charge in [0.15, 0.2) is 0 Å². The lowest BCUT2D eigenvalue weighted by Gasteiger charge is -2.05. The Kier molecular flexibility index (Phi) is 3.27. The average Bonchev–Trinajstić information content (AvgIpc) is 2.29. The highest BCUT2D eigenvalue weighted by atomic mass is 35.5.